The standard InChI is InChI=1S/C14H20N2O3/c1-4-16(11-9-7-6-8-10(11)3)13(17)12(15)14(18)19-5-2/h6-9,12H,4-5,15H2,1-3H3. The Balaban J connectivity index is 2.95. The van der Waals surface area contributed by atoms with Crippen molar-refractivity contribution in [3.05, 3.63) is 29.8 Å². The van der Waals surface area contributed by atoms with Crippen molar-refractivity contribution < 1.29 is 14.3 Å². The number of benzene rings is 1. The number of carbonyl (C=O) groups is 2. The van der Waals surface area contributed by atoms with Gasteiger partial charge in [-0.15, -0.1) is 0 Å². The largest absolute Gasteiger partial charge is 0.464 e. The highest BCUT2D eigenvalue weighted by Crippen LogP contribution is 2.19. The minimum Gasteiger partial charge on any atom is -0.464 e. The van der Waals surface area contributed by atoms with Crippen LogP contribution in [-0.2, 0) is 14.3 Å². The van der Waals surface area contributed by atoms with E-state index in [4.69, 9.17) is 10.5 Å². The van der Waals surface area contributed by atoms with Gasteiger partial charge in [-0.05, 0) is 32.4 Å². The highest BCUT2D eigenvalue weighted by atomic mass is 16.5. The molecule has 0 aliphatic heterocycles. The van der Waals surface area contributed by atoms with Gasteiger partial charge in [0.1, 0.15) is 0 Å². The lowest BCUT2D eigenvalue weighted by atomic mass is 10.1. The van der Waals surface area contributed by atoms with E-state index in [1.165, 1.54) is 4.90 Å². The quantitative estimate of drug-likeness (QED) is 0.641. The number of ether oxygens (including phenoxy) is 1. The second-order valence-electron chi connectivity index (χ2n) is 4.10. The van der Waals surface area contributed by atoms with Gasteiger partial charge >= 0.3 is 5.97 Å². The van der Waals surface area contributed by atoms with E-state index in [1.807, 2.05) is 38.1 Å². The van der Waals surface area contributed by atoms with Crippen molar-refractivity contribution in [2.24, 2.45) is 5.73 Å². The molecule has 5 nitrogen and oxygen atoms in total. The molecule has 0 saturated heterocycles. The number of para-hydroxylation sites is 1. The average molecular weight is 264 g/mol. The van der Waals surface area contributed by atoms with Gasteiger partial charge in [0, 0.05) is 12.2 Å². The van der Waals surface area contributed by atoms with Crippen LogP contribution >= 0.6 is 0 Å². The van der Waals surface area contributed by atoms with Crippen molar-refractivity contribution in [1.82, 2.24) is 0 Å². The van der Waals surface area contributed by atoms with Crippen molar-refractivity contribution in [2.75, 3.05) is 18.1 Å². The van der Waals surface area contributed by atoms with Gasteiger partial charge in [-0.3, -0.25) is 4.79 Å². The van der Waals surface area contributed by atoms with Crippen LogP contribution in [0.25, 0.3) is 0 Å². The van der Waals surface area contributed by atoms with Crippen LogP contribution in [0.2, 0.25) is 0 Å². The topological polar surface area (TPSA) is 72.6 Å². The van der Waals surface area contributed by atoms with E-state index in [-0.39, 0.29) is 6.61 Å². The minimum absolute atomic E-state index is 0.205. The normalized spacial score (nSPS) is 11.8. The van der Waals surface area contributed by atoms with E-state index in [2.05, 4.69) is 0 Å². The lowest BCUT2D eigenvalue weighted by Gasteiger charge is -2.25. The zero-order valence-corrected chi connectivity index (χ0v) is 11.6. The number of carbonyl (C=O) groups excluding carboxylic acids is 2. The van der Waals surface area contributed by atoms with Gasteiger partial charge < -0.3 is 15.4 Å². The van der Waals surface area contributed by atoms with Crippen LogP contribution in [-0.4, -0.2) is 31.1 Å². The van der Waals surface area contributed by atoms with Gasteiger partial charge in [0.2, 0.25) is 0 Å². The number of hydrogen-bond acceptors (Lipinski definition) is 4. The van der Waals surface area contributed by atoms with E-state index >= 15 is 0 Å². The summed E-state index contributed by atoms with van der Waals surface area (Å²) in [4.78, 5) is 25.3. The number of hydrogen-bond donors (Lipinski definition) is 1. The Hall–Kier alpha value is -1.88. The summed E-state index contributed by atoms with van der Waals surface area (Å²) < 4.78 is 4.77. The lowest BCUT2D eigenvalue weighted by Crippen LogP contribution is -2.49. The second kappa shape index (κ2) is 6.89. The molecule has 1 atom stereocenters. The maximum Gasteiger partial charge on any atom is 0.332 e. The molecule has 0 aliphatic carbocycles. The van der Waals surface area contributed by atoms with Crippen LogP contribution in [0.1, 0.15) is 19.4 Å². The first kappa shape index (κ1) is 15.2. The Morgan fingerprint density at radius 2 is 1.95 bits per heavy atom. The molecule has 104 valence electrons. The van der Waals surface area contributed by atoms with E-state index in [1.54, 1.807) is 6.92 Å². The van der Waals surface area contributed by atoms with Crippen LogP contribution in [0, 0.1) is 6.92 Å². The highest BCUT2D eigenvalue weighted by Gasteiger charge is 2.28. The van der Waals surface area contributed by atoms with Crippen molar-refractivity contribution >= 4 is 17.6 Å². The number of rotatable bonds is 5. The maximum absolute atomic E-state index is 12.2. The van der Waals surface area contributed by atoms with Gasteiger partial charge in [-0.2, -0.15) is 0 Å². The predicted octanol–water partition coefficient (Wildman–Crippen LogP) is 1.24. The van der Waals surface area contributed by atoms with Crippen molar-refractivity contribution in [2.45, 2.75) is 26.8 Å². The number of anilines is 1. The minimum atomic E-state index is -1.28. The third kappa shape index (κ3) is 3.54. The Morgan fingerprint density at radius 1 is 1.32 bits per heavy atom. The van der Waals surface area contributed by atoms with E-state index < -0.39 is 17.9 Å². The van der Waals surface area contributed by atoms with Gasteiger partial charge in [-0.1, -0.05) is 18.2 Å². The summed E-state index contributed by atoms with van der Waals surface area (Å²) in [6.45, 7) is 6.06. The molecule has 0 bridgehead atoms. The molecule has 0 radical (unpaired) electrons. The Morgan fingerprint density at radius 3 is 2.47 bits per heavy atom. The molecule has 1 amide bonds. The molecule has 5 heteroatoms. The summed E-state index contributed by atoms with van der Waals surface area (Å²) in [5.74, 6) is -1.14. The summed E-state index contributed by atoms with van der Waals surface area (Å²) in [7, 11) is 0. The molecule has 0 aromatic heterocycles. The molecule has 0 heterocycles. The van der Waals surface area contributed by atoms with Gasteiger partial charge in [0.05, 0.1) is 6.61 Å². The van der Waals surface area contributed by atoms with Crippen LogP contribution in [0.3, 0.4) is 0 Å². The average Bonchev–Trinajstić information content (AvgIpc) is 2.41. The second-order valence-corrected chi connectivity index (χ2v) is 4.10. The Kier molecular flexibility index (Phi) is 5.51. The monoisotopic (exact) mass is 264 g/mol. The molecule has 1 unspecified atom stereocenters. The van der Waals surface area contributed by atoms with Crippen molar-refractivity contribution in [3.8, 4) is 0 Å². The van der Waals surface area contributed by atoms with Crippen LogP contribution in [0.5, 0.6) is 0 Å². The fourth-order valence-electron chi connectivity index (χ4n) is 1.81. The van der Waals surface area contributed by atoms with Gasteiger partial charge in [0.15, 0.2) is 6.04 Å². The highest BCUT2D eigenvalue weighted by molar-refractivity contribution is 6.09. The fourth-order valence-corrected chi connectivity index (χ4v) is 1.81. The first-order valence-corrected chi connectivity index (χ1v) is 6.32. The zero-order chi connectivity index (χ0) is 14.4. The van der Waals surface area contributed by atoms with Crippen LogP contribution in [0.15, 0.2) is 24.3 Å². The molecule has 0 fully saturated rings. The molecular weight excluding hydrogens is 244 g/mol. The third-order valence-corrected chi connectivity index (χ3v) is 2.80. The van der Waals surface area contributed by atoms with Crippen LogP contribution < -0.4 is 10.6 Å². The summed E-state index contributed by atoms with van der Waals surface area (Å²) in [6, 6.07) is 6.19. The Bertz CT molecular complexity index is 460. The van der Waals surface area contributed by atoms with E-state index in [0.717, 1.165) is 11.3 Å². The molecule has 1 aromatic rings. The van der Waals surface area contributed by atoms with Gasteiger partial charge in [0.25, 0.3) is 5.91 Å². The maximum atomic E-state index is 12.2. The SMILES string of the molecule is CCOC(=O)C(N)C(=O)N(CC)c1ccccc1C. The molecular formula is C14H20N2O3. The lowest BCUT2D eigenvalue weighted by molar-refractivity contribution is -0.147. The Labute approximate surface area is 113 Å². The zero-order valence-electron chi connectivity index (χ0n) is 11.6. The molecule has 1 rings (SSSR count). The van der Waals surface area contributed by atoms with E-state index in [9.17, 15) is 9.59 Å². The summed E-state index contributed by atoms with van der Waals surface area (Å²) in [6.07, 6.45) is 0. The molecule has 2 N–H and O–H groups in total. The number of amides is 1. The summed E-state index contributed by atoms with van der Waals surface area (Å²) in [5, 5.41) is 0. The number of nitrogens with two attached hydrogens (primary N) is 1. The molecule has 0 saturated carbocycles. The number of likely N-dealkylation sites (N-methyl/N-ethyl adjacent to an activating group) is 1. The van der Waals surface area contributed by atoms with Crippen molar-refractivity contribution in [3.63, 3.8) is 0 Å². The smallest absolute Gasteiger partial charge is 0.332 e. The first-order chi connectivity index (χ1) is 9.02. The predicted molar refractivity (Wildman–Crippen MR) is 73.8 cm³/mol. The first-order valence-electron chi connectivity index (χ1n) is 6.32. The molecule has 1 aromatic carbocycles. The molecule has 0 spiro atoms. The van der Waals surface area contributed by atoms with Crippen molar-refractivity contribution in [1.29, 1.82) is 0 Å². The fraction of sp³-hybridized carbons (Fsp3) is 0.429. The van der Waals surface area contributed by atoms with E-state index in [0.29, 0.717) is 6.54 Å². The molecule has 19 heavy (non-hydrogen) atoms. The number of nitrogens with zero attached hydrogens (tertiary/aromatic N) is 1. The number of aryl methyl sites for hydroxylation is 1. The number of esters is 1. The van der Waals surface area contributed by atoms with Gasteiger partial charge in [-0.25, -0.2) is 4.79 Å². The van der Waals surface area contributed by atoms with Crippen LogP contribution in [0.4, 0.5) is 5.69 Å². The summed E-state index contributed by atoms with van der Waals surface area (Å²) >= 11 is 0. The third-order valence-electron chi connectivity index (χ3n) is 2.80. The summed E-state index contributed by atoms with van der Waals surface area (Å²) in [5.41, 5.74) is 7.36. The molecule has 0 aliphatic rings.